The second kappa shape index (κ2) is 6.30. The molecule has 0 spiro atoms. The van der Waals surface area contributed by atoms with Crippen molar-refractivity contribution in [2.75, 3.05) is 12.1 Å². The highest BCUT2D eigenvalue weighted by Gasteiger charge is 2.23. The van der Waals surface area contributed by atoms with Gasteiger partial charge in [0.15, 0.2) is 11.5 Å². The van der Waals surface area contributed by atoms with E-state index in [-0.39, 0.29) is 17.6 Å². The van der Waals surface area contributed by atoms with Crippen LogP contribution in [0.5, 0.6) is 11.5 Å². The maximum atomic E-state index is 12.7. The molecule has 2 aliphatic heterocycles. The Labute approximate surface area is 151 Å². The molecule has 7 nitrogen and oxygen atoms in total. The van der Waals surface area contributed by atoms with Gasteiger partial charge in [0.1, 0.15) is 0 Å². The van der Waals surface area contributed by atoms with E-state index in [1.165, 1.54) is 6.07 Å². The Bertz CT molecular complexity index is 987. The molecule has 0 aliphatic carbocycles. The number of rotatable bonds is 4. The molecule has 0 saturated carbocycles. The van der Waals surface area contributed by atoms with Gasteiger partial charge >= 0.3 is 0 Å². The molecule has 8 heteroatoms. The lowest BCUT2D eigenvalue weighted by atomic mass is 10.0. The fraction of sp³-hybridized carbons (Fsp3) is 0.278. The number of amides is 1. The van der Waals surface area contributed by atoms with Gasteiger partial charge in [-0.2, -0.15) is 0 Å². The van der Waals surface area contributed by atoms with Crippen molar-refractivity contribution < 1.29 is 22.7 Å². The lowest BCUT2D eigenvalue weighted by molar-refractivity contribution is -0.116. The monoisotopic (exact) mass is 374 g/mol. The van der Waals surface area contributed by atoms with E-state index in [1.54, 1.807) is 31.2 Å². The predicted molar refractivity (Wildman–Crippen MR) is 94.7 cm³/mol. The van der Waals surface area contributed by atoms with Crippen LogP contribution in [-0.2, 0) is 21.2 Å². The number of anilines is 1. The maximum Gasteiger partial charge on any atom is 0.241 e. The van der Waals surface area contributed by atoms with Crippen molar-refractivity contribution in [2.45, 2.75) is 30.7 Å². The van der Waals surface area contributed by atoms with Gasteiger partial charge in [0, 0.05) is 18.2 Å². The first-order valence-corrected chi connectivity index (χ1v) is 9.75. The van der Waals surface area contributed by atoms with Crippen LogP contribution in [0.1, 0.15) is 30.5 Å². The minimum Gasteiger partial charge on any atom is -0.454 e. The first-order chi connectivity index (χ1) is 12.4. The van der Waals surface area contributed by atoms with E-state index >= 15 is 0 Å². The van der Waals surface area contributed by atoms with Gasteiger partial charge in [0.25, 0.3) is 0 Å². The first kappa shape index (κ1) is 16.9. The number of nitrogens with one attached hydrogen (secondary N) is 2. The van der Waals surface area contributed by atoms with Crippen molar-refractivity contribution >= 4 is 21.6 Å². The topological polar surface area (TPSA) is 93.7 Å². The van der Waals surface area contributed by atoms with Crippen molar-refractivity contribution in [2.24, 2.45) is 0 Å². The summed E-state index contributed by atoms with van der Waals surface area (Å²) in [5.41, 5.74) is 2.27. The predicted octanol–water partition coefficient (Wildman–Crippen LogP) is 2.34. The van der Waals surface area contributed by atoms with E-state index in [0.29, 0.717) is 30.0 Å². The third-order valence-electron chi connectivity index (χ3n) is 4.51. The number of benzene rings is 2. The number of sulfonamides is 1. The number of carbonyl (C=O) groups excluding carboxylic acids is 1. The van der Waals surface area contributed by atoms with Crippen LogP contribution in [0.3, 0.4) is 0 Å². The lowest BCUT2D eigenvalue weighted by Gasteiger charge is -2.19. The molecule has 4 rings (SSSR count). The van der Waals surface area contributed by atoms with Crippen LogP contribution in [0.25, 0.3) is 0 Å². The van der Waals surface area contributed by atoms with Crippen LogP contribution in [0, 0.1) is 0 Å². The average Bonchev–Trinajstić information content (AvgIpc) is 3.08. The highest BCUT2D eigenvalue weighted by molar-refractivity contribution is 7.89. The minimum atomic E-state index is -3.70. The number of hydrogen-bond donors (Lipinski definition) is 2. The fourth-order valence-electron chi connectivity index (χ4n) is 3.08. The van der Waals surface area contributed by atoms with Gasteiger partial charge in [0.05, 0.1) is 4.90 Å². The number of carbonyl (C=O) groups is 1. The van der Waals surface area contributed by atoms with Gasteiger partial charge in [-0.1, -0.05) is 6.07 Å². The Hall–Kier alpha value is -2.58. The summed E-state index contributed by atoms with van der Waals surface area (Å²) in [6, 6.07) is 9.66. The zero-order chi connectivity index (χ0) is 18.3. The van der Waals surface area contributed by atoms with Gasteiger partial charge in [0.2, 0.25) is 22.7 Å². The molecule has 2 heterocycles. The quantitative estimate of drug-likeness (QED) is 0.857. The van der Waals surface area contributed by atoms with Crippen molar-refractivity contribution in [3.63, 3.8) is 0 Å². The second-order valence-electron chi connectivity index (χ2n) is 6.32. The number of aryl methyl sites for hydroxylation is 1. The summed E-state index contributed by atoms with van der Waals surface area (Å²) in [4.78, 5) is 11.6. The summed E-state index contributed by atoms with van der Waals surface area (Å²) < 4.78 is 38.8. The first-order valence-electron chi connectivity index (χ1n) is 8.27. The number of fused-ring (bicyclic) bond motifs is 2. The second-order valence-corrected chi connectivity index (χ2v) is 8.04. The Kier molecular flexibility index (Phi) is 4.08. The molecular formula is C18H18N2O5S. The Balaban J connectivity index is 1.56. The van der Waals surface area contributed by atoms with Gasteiger partial charge in [-0.3, -0.25) is 4.79 Å². The summed E-state index contributed by atoms with van der Waals surface area (Å²) in [5.74, 6) is 1.21. The normalized spacial score (nSPS) is 16.7. The van der Waals surface area contributed by atoms with Crippen LogP contribution in [-0.4, -0.2) is 21.1 Å². The van der Waals surface area contributed by atoms with Gasteiger partial charge < -0.3 is 14.8 Å². The molecule has 2 aromatic rings. The third kappa shape index (κ3) is 3.13. The van der Waals surface area contributed by atoms with Crippen LogP contribution in [0.2, 0.25) is 0 Å². The summed E-state index contributed by atoms with van der Waals surface area (Å²) in [6.07, 6.45) is 0.889. The summed E-state index contributed by atoms with van der Waals surface area (Å²) in [5, 5.41) is 2.75. The molecule has 0 unspecified atom stereocenters. The largest absolute Gasteiger partial charge is 0.454 e. The fourth-order valence-corrected chi connectivity index (χ4v) is 4.36. The molecule has 26 heavy (non-hydrogen) atoms. The van der Waals surface area contributed by atoms with Crippen molar-refractivity contribution in [1.82, 2.24) is 4.72 Å². The summed E-state index contributed by atoms with van der Waals surface area (Å²) in [6.45, 7) is 1.94. The number of hydrogen-bond acceptors (Lipinski definition) is 5. The highest BCUT2D eigenvalue weighted by Crippen LogP contribution is 2.34. The summed E-state index contributed by atoms with van der Waals surface area (Å²) >= 11 is 0. The Morgan fingerprint density at radius 3 is 2.73 bits per heavy atom. The zero-order valence-electron chi connectivity index (χ0n) is 14.1. The molecule has 0 aromatic heterocycles. The van der Waals surface area contributed by atoms with Gasteiger partial charge in [-0.05, 0) is 54.8 Å². The molecule has 0 radical (unpaired) electrons. The van der Waals surface area contributed by atoms with E-state index < -0.39 is 16.1 Å². The minimum absolute atomic E-state index is 0.0531. The maximum absolute atomic E-state index is 12.7. The van der Waals surface area contributed by atoms with Crippen LogP contribution >= 0.6 is 0 Å². The van der Waals surface area contributed by atoms with Crippen LogP contribution < -0.4 is 19.5 Å². The molecule has 0 saturated heterocycles. The molecule has 0 fully saturated rings. The molecule has 1 amide bonds. The molecule has 136 valence electrons. The van der Waals surface area contributed by atoms with Crippen molar-refractivity contribution in [1.29, 1.82) is 0 Å². The summed E-state index contributed by atoms with van der Waals surface area (Å²) in [7, 11) is -3.70. The number of ether oxygens (including phenoxy) is 2. The highest BCUT2D eigenvalue weighted by atomic mass is 32.2. The van der Waals surface area contributed by atoms with Crippen LogP contribution in [0.4, 0.5) is 5.69 Å². The molecule has 0 bridgehead atoms. The van der Waals surface area contributed by atoms with E-state index in [4.69, 9.17) is 9.47 Å². The van der Waals surface area contributed by atoms with Gasteiger partial charge in [-0.15, -0.1) is 0 Å². The molecular weight excluding hydrogens is 356 g/mol. The Morgan fingerprint density at radius 1 is 1.08 bits per heavy atom. The van der Waals surface area contributed by atoms with Gasteiger partial charge in [-0.25, -0.2) is 13.1 Å². The Morgan fingerprint density at radius 2 is 1.88 bits per heavy atom. The molecule has 2 aromatic carbocycles. The smallest absolute Gasteiger partial charge is 0.241 e. The SMILES string of the molecule is C[C@@H](NS(=O)(=O)c1ccc2c(c1)CCC(=O)N2)c1ccc2c(c1)OCO2. The standard InChI is InChI=1S/C18H18N2O5S/c1-11(12-2-6-16-17(9-12)25-10-24-16)20-26(22,23)14-4-5-15-13(8-14)3-7-18(21)19-15/h2,4-6,8-9,11,20H,3,7,10H2,1H3,(H,19,21)/t11-/m1/s1. The zero-order valence-corrected chi connectivity index (χ0v) is 14.9. The van der Waals surface area contributed by atoms with Crippen molar-refractivity contribution in [3.8, 4) is 11.5 Å². The molecule has 2 aliphatic rings. The van der Waals surface area contributed by atoms with E-state index in [1.807, 2.05) is 6.07 Å². The molecule has 2 N–H and O–H groups in total. The average molecular weight is 374 g/mol. The van der Waals surface area contributed by atoms with Crippen molar-refractivity contribution in [3.05, 3.63) is 47.5 Å². The van der Waals surface area contributed by atoms with E-state index in [9.17, 15) is 13.2 Å². The lowest BCUT2D eigenvalue weighted by Crippen LogP contribution is -2.27. The van der Waals surface area contributed by atoms with E-state index in [2.05, 4.69) is 10.0 Å². The third-order valence-corrected chi connectivity index (χ3v) is 6.05. The van der Waals surface area contributed by atoms with Crippen LogP contribution in [0.15, 0.2) is 41.3 Å². The molecule has 1 atom stereocenters. The van der Waals surface area contributed by atoms with E-state index in [0.717, 1.165) is 11.1 Å².